The van der Waals surface area contributed by atoms with E-state index >= 15 is 0 Å². The van der Waals surface area contributed by atoms with Gasteiger partial charge in [0, 0.05) is 5.56 Å². The maximum Gasteiger partial charge on any atom is 0.252 e. The van der Waals surface area contributed by atoms with E-state index in [1.807, 2.05) is 12.1 Å². The Bertz CT molecular complexity index is 947. The van der Waals surface area contributed by atoms with E-state index in [1.165, 1.54) is 11.0 Å². The number of nitrogens with zero attached hydrogens (tertiary/aromatic N) is 4. The van der Waals surface area contributed by atoms with Gasteiger partial charge in [-0.25, -0.2) is 4.68 Å². The molecule has 0 spiro atoms. The van der Waals surface area contributed by atoms with Crippen molar-refractivity contribution < 1.29 is 9.53 Å². The van der Waals surface area contributed by atoms with Crippen LogP contribution in [0.5, 0.6) is 5.75 Å². The second-order valence-electron chi connectivity index (χ2n) is 5.06. The molecule has 130 valence electrons. The van der Waals surface area contributed by atoms with Gasteiger partial charge in [0.1, 0.15) is 18.7 Å². The molecule has 0 atom stereocenters. The normalized spacial score (nSPS) is 9.88. The number of carbonyl (C=O) groups is 1. The first-order valence-electron chi connectivity index (χ1n) is 7.69. The van der Waals surface area contributed by atoms with E-state index in [-0.39, 0.29) is 19.1 Å². The van der Waals surface area contributed by atoms with Crippen LogP contribution in [-0.4, -0.2) is 39.3 Å². The molecule has 0 aliphatic carbocycles. The van der Waals surface area contributed by atoms with E-state index in [2.05, 4.69) is 32.7 Å². The summed E-state index contributed by atoms with van der Waals surface area (Å²) in [6.45, 7) is 0.397. The SMILES string of the molecule is O=C(NCC#CCOc1ccccc1Cl)c1cccc(-n2cnnn2)c1. The molecule has 0 aliphatic rings. The lowest BCUT2D eigenvalue weighted by molar-refractivity contribution is 0.0958. The van der Waals surface area contributed by atoms with E-state index in [0.717, 1.165) is 0 Å². The van der Waals surface area contributed by atoms with Crippen molar-refractivity contribution in [1.82, 2.24) is 25.5 Å². The van der Waals surface area contributed by atoms with Crippen LogP contribution in [0.25, 0.3) is 5.69 Å². The summed E-state index contributed by atoms with van der Waals surface area (Å²) >= 11 is 5.98. The Hall–Kier alpha value is -3.37. The number of ether oxygens (including phenoxy) is 1. The molecule has 7 nitrogen and oxygen atoms in total. The fourth-order valence-electron chi connectivity index (χ4n) is 2.08. The zero-order valence-corrected chi connectivity index (χ0v) is 14.3. The fraction of sp³-hybridized carbons (Fsp3) is 0.111. The molecule has 3 rings (SSSR count). The third-order valence-electron chi connectivity index (χ3n) is 3.32. The first-order valence-corrected chi connectivity index (χ1v) is 8.06. The first kappa shape index (κ1) is 17.5. The monoisotopic (exact) mass is 367 g/mol. The van der Waals surface area contributed by atoms with Crippen LogP contribution in [-0.2, 0) is 0 Å². The van der Waals surface area contributed by atoms with Gasteiger partial charge in [0.2, 0.25) is 0 Å². The Kier molecular flexibility index (Phi) is 5.80. The molecule has 1 N–H and O–H groups in total. The summed E-state index contributed by atoms with van der Waals surface area (Å²) in [7, 11) is 0. The Morgan fingerprint density at radius 2 is 2.08 bits per heavy atom. The van der Waals surface area contributed by atoms with Crippen molar-refractivity contribution >= 4 is 17.5 Å². The number of benzene rings is 2. The molecule has 26 heavy (non-hydrogen) atoms. The van der Waals surface area contributed by atoms with Crippen molar-refractivity contribution in [1.29, 1.82) is 0 Å². The van der Waals surface area contributed by atoms with Gasteiger partial charge < -0.3 is 10.1 Å². The highest BCUT2D eigenvalue weighted by Gasteiger charge is 2.06. The lowest BCUT2D eigenvalue weighted by atomic mass is 10.2. The average molecular weight is 368 g/mol. The van der Waals surface area contributed by atoms with Crippen LogP contribution in [0, 0.1) is 11.8 Å². The number of hydrogen-bond acceptors (Lipinski definition) is 5. The average Bonchev–Trinajstić information content (AvgIpc) is 3.20. The van der Waals surface area contributed by atoms with Crippen molar-refractivity contribution in [2.75, 3.05) is 13.2 Å². The number of halogens is 1. The van der Waals surface area contributed by atoms with Crippen LogP contribution in [0.1, 0.15) is 10.4 Å². The molecule has 1 amide bonds. The van der Waals surface area contributed by atoms with Crippen molar-refractivity contribution in [2.24, 2.45) is 0 Å². The second kappa shape index (κ2) is 8.65. The lowest BCUT2D eigenvalue weighted by Gasteiger charge is -2.04. The minimum atomic E-state index is -0.235. The number of amides is 1. The Labute approximate surface area is 154 Å². The Balaban J connectivity index is 1.49. The lowest BCUT2D eigenvalue weighted by Crippen LogP contribution is -2.23. The summed E-state index contributed by atoms with van der Waals surface area (Å²) in [6, 6.07) is 14.1. The Morgan fingerprint density at radius 3 is 2.88 bits per heavy atom. The van der Waals surface area contributed by atoms with E-state index in [9.17, 15) is 4.79 Å². The summed E-state index contributed by atoms with van der Waals surface area (Å²) in [6.07, 6.45) is 1.46. The highest BCUT2D eigenvalue weighted by atomic mass is 35.5. The molecule has 1 heterocycles. The second-order valence-corrected chi connectivity index (χ2v) is 5.47. The first-order chi connectivity index (χ1) is 12.7. The van der Waals surface area contributed by atoms with Crippen LogP contribution in [0.2, 0.25) is 5.02 Å². The molecule has 8 heteroatoms. The highest BCUT2D eigenvalue weighted by Crippen LogP contribution is 2.22. The zero-order chi connectivity index (χ0) is 18.2. The van der Waals surface area contributed by atoms with Gasteiger partial charge in [-0.3, -0.25) is 4.79 Å². The Morgan fingerprint density at radius 1 is 1.19 bits per heavy atom. The van der Waals surface area contributed by atoms with Crippen molar-refractivity contribution in [3.63, 3.8) is 0 Å². The molecule has 0 aliphatic heterocycles. The van der Waals surface area contributed by atoms with Crippen molar-refractivity contribution in [2.45, 2.75) is 0 Å². The molecule has 0 radical (unpaired) electrons. The zero-order valence-electron chi connectivity index (χ0n) is 13.6. The van der Waals surface area contributed by atoms with Gasteiger partial charge in [0.15, 0.2) is 0 Å². The summed E-state index contributed by atoms with van der Waals surface area (Å²) in [4.78, 5) is 12.2. The maximum absolute atomic E-state index is 12.2. The third-order valence-corrected chi connectivity index (χ3v) is 3.63. The van der Waals surface area contributed by atoms with E-state index in [4.69, 9.17) is 16.3 Å². The molecular formula is C18H14ClN5O2. The minimum Gasteiger partial charge on any atom is -0.479 e. The predicted octanol–water partition coefficient (Wildman–Crippen LogP) is 2.13. The quantitative estimate of drug-likeness (QED) is 0.698. The van der Waals surface area contributed by atoms with Crippen LogP contribution < -0.4 is 10.1 Å². The smallest absolute Gasteiger partial charge is 0.252 e. The molecule has 0 fully saturated rings. The summed E-state index contributed by atoms with van der Waals surface area (Å²) in [5, 5.41) is 14.2. The number of hydrogen-bond donors (Lipinski definition) is 1. The number of para-hydroxylation sites is 1. The molecule has 2 aromatic carbocycles. The molecule has 0 saturated heterocycles. The van der Waals surface area contributed by atoms with Gasteiger partial charge in [-0.2, -0.15) is 0 Å². The molecule has 3 aromatic rings. The number of nitrogens with one attached hydrogen (secondary N) is 1. The number of tetrazole rings is 1. The maximum atomic E-state index is 12.2. The topological polar surface area (TPSA) is 81.9 Å². The third kappa shape index (κ3) is 4.59. The van der Waals surface area contributed by atoms with E-state index in [0.29, 0.717) is 22.0 Å². The summed E-state index contributed by atoms with van der Waals surface area (Å²) in [5.74, 6) is 6.00. The fourth-order valence-corrected chi connectivity index (χ4v) is 2.28. The van der Waals surface area contributed by atoms with Crippen LogP contribution >= 0.6 is 11.6 Å². The highest BCUT2D eigenvalue weighted by molar-refractivity contribution is 6.32. The predicted molar refractivity (Wildman–Crippen MR) is 96.2 cm³/mol. The molecule has 1 aromatic heterocycles. The van der Waals surface area contributed by atoms with Crippen LogP contribution in [0.3, 0.4) is 0 Å². The van der Waals surface area contributed by atoms with E-state index in [1.54, 1.807) is 36.4 Å². The van der Waals surface area contributed by atoms with Gasteiger partial charge in [-0.05, 0) is 40.8 Å². The number of aromatic nitrogens is 4. The van der Waals surface area contributed by atoms with Gasteiger partial charge in [0.25, 0.3) is 5.91 Å². The standard InChI is InChI=1S/C18H14ClN5O2/c19-16-8-1-2-9-17(16)26-11-4-3-10-20-18(25)14-6-5-7-15(12-14)24-13-21-22-23-24/h1-2,5-9,12-13H,10-11H2,(H,20,25). The van der Waals surface area contributed by atoms with Gasteiger partial charge in [0.05, 0.1) is 17.3 Å². The van der Waals surface area contributed by atoms with Gasteiger partial charge in [-0.15, -0.1) is 5.10 Å². The molecule has 0 unspecified atom stereocenters. The van der Waals surface area contributed by atoms with Gasteiger partial charge in [-0.1, -0.05) is 41.6 Å². The van der Waals surface area contributed by atoms with E-state index < -0.39 is 0 Å². The number of carbonyl (C=O) groups excluding carboxylic acids is 1. The largest absolute Gasteiger partial charge is 0.479 e. The van der Waals surface area contributed by atoms with Gasteiger partial charge >= 0.3 is 0 Å². The summed E-state index contributed by atoms with van der Waals surface area (Å²) in [5.41, 5.74) is 1.19. The molecular weight excluding hydrogens is 354 g/mol. The molecule has 0 saturated carbocycles. The summed E-state index contributed by atoms with van der Waals surface area (Å²) < 4.78 is 6.92. The number of rotatable bonds is 5. The molecule has 0 bridgehead atoms. The van der Waals surface area contributed by atoms with Crippen molar-refractivity contribution in [3.05, 3.63) is 65.4 Å². The van der Waals surface area contributed by atoms with Crippen molar-refractivity contribution in [3.8, 4) is 23.3 Å². The van der Waals surface area contributed by atoms with Crippen LogP contribution in [0.15, 0.2) is 54.9 Å². The van der Waals surface area contributed by atoms with Crippen LogP contribution in [0.4, 0.5) is 0 Å². The minimum absolute atomic E-state index is 0.189.